The Morgan fingerprint density at radius 1 is 1.12 bits per heavy atom. The normalized spacial score (nSPS) is 16.3. The molecule has 0 spiro atoms. The minimum atomic E-state index is -0.252. The molecule has 3 aromatic carbocycles. The second-order valence-corrected chi connectivity index (χ2v) is 8.86. The summed E-state index contributed by atoms with van der Waals surface area (Å²) in [6.45, 7) is 7.50. The lowest BCUT2D eigenvalue weighted by molar-refractivity contribution is 0.0939. The molecular weight excluding hydrogens is 426 g/mol. The van der Waals surface area contributed by atoms with Crippen LogP contribution in [0.15, 0.2) is 60.7 Å². The van der Waals surface area contributed by atoms with E-state index in [1.165, 1.54) is 0 Å². The molecule has 1 aliphatic rings. The Balaban J connectivity index is 1.44. The number of ether oxygens (including phenoxy) is 1. The van der Waals surface area contributed by atoms with Crippen LogP contribution >= 0.6 is 0 Å². The smallest absolute Gasteiger partial charge is 0.410 e. The molecule has 0 aliphatic carbocycles. The number of carbonyl (C=O) groups is 2. The molecule has 4 rings (SSSR count). The van der Waals surface area contributed by atoms with Crippen molar-refractivity contribution in [1.29, 1.82) is 0 Å². The Morgan fingerprint density at radius 3 is 2.74 bits per heavy atom. The molecule has 1 aliphatic heterocycles. The lowest BCUT2D eigenvalue weighted by atomic mass is 9.99. The lowest BCUT2D eigenvalue weighted by Gasteiger charge is -2.24. The highest BCUT2D eigenvalue weighted by Crippen LogP contribution is 2.25. The van der Waals surface area contributed by atoms with E-state index < -0.39 is 0 Å². The molecule has 6 heteroatoms. The van der Waals surface area contributed by atoms with Crippen LogP contribution in [0.5, 0.6) is 0 Å². The van der Waals surface area contributed by atoms with Crippen LogP contribution in [0.2, 0.25) is 0 Å². The van der Waals surface area contributed by atoms with Gasteiger partial charge >= 0.3 is 6.09 Å². The Kier molecular flexibility index (Phi) is 7.36. The van der Waals surface area contributed by atoms with Crippen molar-refractivity contribution in [3.8, 4) is 0 Å². The Labute approximate surface area is 201 Å². The summed E-state index contributed by atoms with van der Waals surface area (Å²) in [6.07, 6.45) is 1.66. The SMILES string of the molecule is CCOC(=O)N1CCC[C@H]1CNc1ccc(C)c(C(=O)N[C@H](C)c2cccc3ccccc23)c1. The van der Waals surface area contributed by atoms with Gasteiger partial charge in [-0.05, 0) is 67.6 Å². The Hall–Kier alpha value is -3.54. The predicted molar refractivity (Wildman–Crippen MR) is 136 cm³/mol. The summed E-state index contributed by atoms with van der Waals surface area (Å²) < 4.78 is 5.18. The van der Waals surface area contributed by atoms with Gasteiger partial charge in [0.1, 0.15) is 0 Å². The number of aryl methyl sites for hydroxylation is 1. The molecule has 0 bridgehead atoms. The summed E-state index contributed by atoms with van der Waals surface area (Å²) in [4.78, 5) is 27.2. The average Bonchev–Trinajstić information content (AvgIpc) is 3.32. The molecule has 0 unspecified atom stereocenters. The number of hydrogen-bond acceptors (Lipinski definition) is 4. The summed E-state index contributed by atoms with van der Waals surface area (Å²) in [5.41, 5.74) is 3.52. The van der Waals surface area contributed by atoms with Crippen LogP contribution in [0, 0.1) is 6.92 Å². The summed E-state index contributed by atoms with van der Waals surface area (Å²) in [5.74, 6) is -0.101. The van der Waals surface area contributed by atoms with E-state index in [2.05, 4.69) is 34.9 Å². The van der Waals surface area contributed by atoms with Crippen molar-refractivity contribution in [2.45, 2.75) is 45.7 Å². The van der Waals surface area contributed by atoms with Gasteiger partial charge in [-0.15, -0.1) is 0 Å². The first kappa shape index (κ1) is 23.6. The number of nitrogens with zero attached hydrogens (tertiary/aromatic N) is 1. The van der Waals surface area contributed by atoms with Gasteiger partial charge in [0.15, 0.2) is 0 Å². The quantitative estimate of drug-likeness (QED) is 0.477. The first-order chi connectivity index (χ1) is 16.5. The van der Waals surface area contributed by atoms with E-state index in [-0.39, 0.29) is 24.1 Å². The molecular formula is C28H33N3O3. The van der Waals surface area contributed by atoms with E-state index in [0.717, 1.165) is 47.0 Å². The Bertz CT molecular complexity index is 1170. The highest BCUT2D eigenvalue weighted by Gasteiger charge is 2.29. The van der Waals surface area contributed by atoms with Gasteiger partial charge in [-0.25, -0.2) is 4.79 Å². The standard InChI is InChI=1S/C28H33N3O3/c1-4-34-28(33)31-16-8-11-23(31)18-29-22-15-14-19(2)26(17-22)27(32)30-20(3)24-13-7-10-21-9-5-6-12-25(21)24/h5-7,9-10,12-15,17,20,23,29H,4,8,11,16,18H2,1-3H3,(H,30,32)/t20-,23+/m1/s1. The van der Waals surface area contributed by atoms with Crippen LogP contribution in [0.25, 0.3) is 10.8 Å². The molecule has 178 valence electrons. The van der Waals surface area contributed by atoms with Crippen molar-refractivity contribution in [2.24, 2.45) is 0 Å². The maximum atomic E-state index is 13.2. The van der Waals surface area contributed by atoms with Crippen molar-refractivity contribution in [1.82, 2.24) is 10.2 Å². The monoisotopic (exact) mass is 459 g/mol. The second kappa shape index (κ2) is 10.6. The van der Waals surface area contributed by atoms with Crippen LogP contribution in [0.3, 0.4) is 0 Å². The molecule has 2 atom stereocenters. The van der Waals surface area contributed by atoms with Crippen molar-refractivity contribution < 1.29 is 14.3 Å². The number of rotatable bonds is 7. The average molecular weight is 460 g/mol. The molecule has 2 N–H and O–H groups in total. The maximum absolute atomic E-state index is 13.2. The van der Waals surface area contributed by atoms with Crippen LogP contribution < -0.4 is 10.6 Å². The molecule has 1 heterocycles. The number of carbonyl (C=O) groups excluding carboxylic acids is 2. The van der Waals surface area contributed by atoms with Gasteiger partial charge in [-0.1, -0.05) is 48.5 Å². The number of fused-ring (bicyclic) bond motifs is 1. The fraction of sp³-hybridized carbons (Fsp3) is 0.357. The molecule has 3 aromatic rings. The van der Waals surface area contributed by atoms with Crippen LogP contribution in [-0.2, 0) is 4.74 Å². The van der Waals surface area contributed by atoms with Crippen molar-refractivity contribution in [2.75, 3.05) is 25.0 Å². The van der Waals surface area contributed by atoms with E-state index in [0.29, 0.717) is 18.7 Å². The minimum absolute atomic E-state index is 0.0870. The third kappa shape index (κ3) is 5.16. The van der Waals surface area contributed by atoms with Gasteiger partial charge in [0.05, 0.1) is 18.7 Å². The molecule has 6 nitrogen and oxygen atoms in total. The number of likely N-dealkylation sites (tertiary alicyclic amines) is 1. The molecule has 0 radical (unpaired) electrons. The molecule has 0 saturated carbocycles. The largest absolute Gasteiger partial charge is 0.450 e. The van der Waals surface area contributed by atoms with E-state index >= 15 is 0 Å². The highest BCUT2D eigenvalue weighted by molar-refractivity contribution is 5.97. The van der Waals surface area contributed by atoms with Crippen LogP contribution in [-0.4, -0.2) is 42.6 Å². The zero-order chi connectivity index (χ0) is 24.1. The topological polar surface area (TPSA) is 70.7 Å². The van der Waals surface area contributed by atoms with Gasteiger partial charge in [-0.2, -0.15) is 0 Å². The summed E-state index contributed by atoms with van der Waals surface area (Å²) >= 11 is 0. The Morgan fingerprint density at radius 2 is 1.91 bits per heavy atom. The molecule has 34 heavy (non-hydrogen) atoms. The van der Waals surface area contributed by atoms with E-state index in [1.807, 2.05) is 57.2 Å². The van der Waals surface area contributed by atoms with Crippen molar-refractivity contribution in [3.63, 3.8) is 0 Å². The maximum Gasteiger partial charge on any atom is 0.410 e. The van der Waals surface area contributed by atoms with Crippen molar-refractivity contribution in [3.05, 3.63) is 77.4 Å². The van der Waals surface area contributed by atoms with Crippen LogP contribution in [0.4, 0.5) is 10.5 Å². The number of amides is 2. The molecule has 0 aromatic heterocycles. The van der Waals surface area contributed by atoms with Gasteiger partial charge in [0, 0.05) is 24.3 Å². The molecule has 2 amide bonds. The lowest BCUT2D eigenvalue weighted by Crippen LogP contribution is -2.39. The number of hydrogen-bond donors (Lipinski definition) is 2. The third-order valence-electron chi connectivity index (χ3n) is 6.54. The predicted octanol–water partition coefficient (Wildman–Crippen LogP) is 5.67. The van der Waals surface area contributed by atoms with E-state index in [1.54, 1.807) is 4.90 Å². The number of anilines is 1. The first-order valence-corrected chi connectivity index (χ1v) is 12.0. The van der Waals surface area contributed by atoms with Gasteiger partial charge in [-0.3, -0.25) is 4.79 Å². The fourth-order valence-electron chi connectivity index (χ4n) is 4.69. The van der Waals surface area contributed by atoms with Gasteiger partial charge in [0.25, 0.3) is 5.91 Å². The van der Waals surface area contributed by atoms with Crippen LogP contribution in [0.1, 0.15) is 54.2 Å². The summed E-state index contributed by atoms with van der Waals surface area (Å²) in [6, 6.07) is 20.2. The summed E-state index contributed by atoms with van der Waals surface area (Å²) in [5, 5.41) is 8.89. The highest BCUT2D eigenvalue weighted by atomic mass is 16.6. The molecule has 1 fully saturated rings. The zero-order valence-electron chi connectivity index (χ0n) is 20.1. The third-order valence-corrected chi connectivity index (χ3v) is 6.54. The van der Waals surface area contributed by atoms with E-state index in [4.69, 9.17) is 4.74 Å². The van der Waals surface area contributed by atoms with Gasteiger partial charge in [0.2, 0.25) is 0 Å². The second-order valence-electron chi connectivity index (χ2n) is 8.86. The van der Waals surface area contributed by atoms with Gasteiger partial charge < -0.3 is 20.3 Å². The molecule has 1 saturated heterocycles. The first-order valence-electron chi connectivity index (χ1n) is 12.0. The summed E-state index contributed by atoms with van der Waals surface area (Å²) in [7, 11) is 0. The minimum Gasteiger partial charge on any atom is -0.450 e. The number of benzene rings is 3. The fourth-order valence-corrected chi connectivity index (χ4v) is 4.69. The zero-order valence-corrected chi connectivity index (χ0v) is 20.1. The number of nitrogens with one attached hydrogen (secondary N) is 2. The van der Waals surface area contributed by atoms with E-state index in [9.17, 15) is 9.59 Å². The van der Waals surface area contributed by atoms with Crippen molar-refractivity contribution >= 4 is 28.5 Å².